The van der Waals surface area contributed by atoms with E-state index in [4.69, 9.17) is 11.2 Å². The lowest BCUT2D eigenvalue weighted by atomic mass is 10.4. The van der Waals surface area contributed by atoms with Gasteiger partial charge in [-0.05, 0) is 27.2 Å². The van der Waals surface area contributed by atoms with Crippen molar-refractivity contribution < 1.29 is 4.74 Å². The topological polar surface area (TPSA) is 63.2 Å². The summed E-state index contributed by atoms with van der Waals surface area (Å²) in [5.74, 6) is 3.61. The summed E-state index contributed by atoms with van der Waals surface area (Å²) < 4.78 is 5.50. The molecule has 1 N–H and O–H groups in total. The van der Waals surface area contributed by atoms with Crippen LogP contribution in [0.1, 0.15) is 34.1 Å². The summed E-state index contributed by atoms with van der Waals surface area (Å²) in [6.07, 6.45) is 5.93. The maximum absolute atomic E-state index is 5.50. The molecule has 0 aromatic carbocycles. The van der Waals surface area contributed by atoms with Crippen molar-refractivity contribution in [3.05, 3.63) is 0 Å². The molecule has 1 rings (SSSR count). The predicted octanol–water partition coefficient (Wildman–Crippen LogP) is 1.94. The minimum absolute atomic E-state index is 0.256. The zero-order valence-corrected chi connectivity index (χ0v) is 12.7. The van der Waals surface area contributed by atoms with E-state index >= 15 is 0 Å². The van der Waals surface area contributed by atoms with Crippen molar-refractivity contribution in [2.24, 2.45) is 0 Å². The predicted molar refractivity (Wildman–Crippen MR) is 81.1 cm³/mol. The molecular weight excluding hydrogens is 254 g/mol. The van der Waals surface area contributed by atoms with Crippen LogP contribution in [0.2, 0.25) is 0 Å². The summed E-state index contributed by atoms with van der Waals surface area (Å²) in [5, 5.41) is 3.15. The normalized spacial score (nSPS) is 11.6. The Bertz CT molecular complexity index is 453. The van der Waals surface area contributed by atoms with E-state index in [0.29, 0.717) is 11.9 Å². The Morgan fingerprint density at radius 1 is 1.25 bits per heavy atom. The van der Waals surface area contributed by atoms with E-state index < -0.39 is 0 Å². The van der Waals surface area contributed by atoms with E-state index in [9.17, 15) is 0 Å². The summed E-state index contributed by atoms with van der Waals surface area (Å²) in [7, 11) is 0. The molecule has 1 aromatic heterocycles. The molecule has 0 spiro atoms. The van der Waals surface area contributed by atoms with Crippen molar-refractivity contribution in [1.82, 2.24) is 15.0 Å². The van der Waals surface area contributed by atoms with Crippen LogP contribution in [0.25, 0.3) is 0 Å². The van der Waals surface area contributed by atoms with Crippen LogP contribution in [-0.2, 0) is 0 Å². The first-order chi connectivity index (χ1) is 9.64. The SMILES string of the molecule is C#CC(C)Oc1nc(NCCC)nc(N(CC)CC)n1. The van der Waals surface area contributed by atoms with Crippen LogP contribution in [0.5, 0.6) is 6.01 Å². The number of hydrogen-bond acceptors (Lipinski definition) is 6. The average molecular weight is 277 g/mol. The lowest BCUT2D eigenvalue weighted by molar-refractivity contribution is 0.255. The molecule has 0 amide bonds. The van der Waals surface area contributed by atoms with Gasteiger partial charge >= 0.3 is 6.01 Å². The average Bonchev–Trinajstić information content (AvgIpc) is 2.46. The summed E-state index contributed by atoms with van der Waals surface area (Å²) in [6, 6.07) is 0.256. The van der Waals surface area contributed by atoms with E-state index in [0.717, 1.165) is 26.1 Å². The summed E-state index contributed by atoms with van der Waals surface area (Å²) in [4.78, 5) is 15.0. The standard InChI is InChI=1S/C14H23N5O/c1-6-10-15-12-16-13(19(8-3)9-4)18-14(17-12)20-11(5)7-2/h2,11H,6,8-10H2,1,3-5H3,(H,15,16,17,18). The largest absolute Gasteiger partial charge is 0.447 e. The van der Waals surface area contributed by atoms with Gasteiger partial charge in [-0.3, -0.25) is 0 Å². The molecule has 1 heterocycles. The zero-order chi connectivity index (χ0) is 15.0. The second-order valence-electron chi connectivity index (χ2n) is 4.27. The Balaban J connectivity index is 3.03. The number of nitrogens with one attached hydrogen (secondary N) is 1. The molecule has 1 atom stereocenters. The number of rotatable bonds is 8. The molecule has 0 radical (unpaired) electrons. The molecule has 0 fully saturated rings. The molecule has 1 unspecified atom stereocenters. The molecule has 1 aromatic rings. The first kappa shape index (κ1) is 16.0. The fourth-order valence-electron chi connectivity index (χ4n) is 1.55. The fraction of sp³-hybridized carbons (Fsp3) is 0.643. The molecule has 20 heavy (non-hydrogen) atoms. The van der Waals surface area contributed by atoms with E-state index in [2.05, 4.69) is 47.0 Å². The number of nitrogens with zero attached hydrogens (tertiary/aromatic N) is 4. The van der Waals surface area contributed by atoms with Gasteiger partial charge in [0.15, 0.2) is 6.10 Å². The highest BCUT2D eigenvalue weighted by Gasteiger charge is 2.13. The highest BCUT2D eigenvalue weighted by molar-refractivity contribution is 5.38. The van der Waals surface area contributed by atoms with Crippen LogP contribution in [-0.4, -0.2) is 40.7 Å². The number of terminal acetylenes is 1. The van der Waals surface area contributed by atoms with Crippen molar-refractivity contribution in [2.45, 2.75) is 40.2 Å². The second-order valence-corrected chi connectivity index (χ2v) is 4.27. The molecular formula is C14H23N5O. The van der Waals surface area contributed by atoms with Gasteiger partial charge in [-0.15, -0.1) is 6.42 Å². The first-order valence-electron chi connectivity index (χ1n) is 7.02. The van der Waals surface area contributed by atoms with Crippen molar-refractivity contribution in [1.29, 1.82) is 0 Å². The Morgan fingerprint density at radius 3 is 2.50 bits per heavy atom. The Hall–Kier alpha value is -2.03. The number of anilines is 2. The lowest BCUT2D eigenvalue weighted by Crippen LogP contribution is -2.25. The van der Waals surface area contributed by atoms with Crippen LogP contribution < -0.4 is 15.0 Å². The van der Waals surface area contributed by atoms with Gasteiger partial charge in [0.05, 0.1) is 0 Å². The number of aromatic nitrogens is 3. The molecule has 0 saturated carbocycles. The smallest absolute Gasteiger partial charge is 0.324 e. The zero-order valence-electron chi connectivity index (χ0n) is 12.7. The lowest BCUT2D eigenvalue weighted by Gasteiger charge is -2.19. The molecule has 0 aliphatic heterocycles. The van der Waals surface area contributed by atoms with Crippen molar-refractivity contribution in [3.63, 3.8) is 0 Å². The molecule has 6 nitrogen and oxygen atoms in total. The third kappa shape index (κ3) is 4.57. The molecule has 0 bridgehead atoms. The quantitative estimate of drug-likeness (QED) is 0.733. The van der Waals surface area contributed by atoms with Gasteiger partial charge in [0.25, 0.3) is 0 Å². The van der Waals surface area contributed by atoms with Gasteiger partial charge < -0.3 is 15.0 Å². The maximum Gasteiger partial charge on any atom is 0.324 e. The van der Waals surface area contributed by atoms with Gasteiger partial charge in [0.2, 0.25) is 11.9 Å². The highest BCUT2D eigenvalue weighted by Crippen LogP contribution is 2.15. The second kappa shape index (κ2) is 8.20. The fourth-order valence-corrected chi connectivity index (χ4v) is 1.55. The minimum atomic E-state index is -0.374. The Morgan fingerprint density at radius 2 is 1.95 bits per heavy atom. The summed E-state index contributed by atoms with van der Waals surface area (Å²) in [5.41, 5.74) is 0. The summed E-state index contributed by atoms with van der Waals surface area (Å²) in [6.45, 7) is 10.4. The van der Waals surface area contributed by atoms with E-state index in [1.54, 1.807) is 6.92 Å². The monoisotopic (exact) mass is 277 g/mol. The Labute approximate surface area is 121 Å². The van der Waals surface area contributed by atoms with Crippen LogP contribution in [0.3, 0.4) is 0 Å². The van der Waals surface area contributed by atoms with Gasteiger partial charge in [0, 0.05) is 19.6 Å². The Kier molecular flexibility index (Phi) is 6.57. The minimum Gasteiger partial charge on any atom is -0.447 e. The van der Waals surface area contributed by atoms with Gasteiger partial charge in [-0.25, -0.2) is 0 Å². The van der Waals surface area contributed by atoms with Gasteiger partial charge in [-0.2, -0.15) is 15.0 Å². The van der Waals surface area contributed by atoms with Crippen LogP contribution in [0.15, 0.2) is 0 Å². The maximum atomic E-state index is 5.50. The van der Waals surface area contributed by atoms with Gasteiger partial charge in [-0.1, -0.05) is 12.8 Å². The van der Waals surface area contributed by atoms with E-state index in [1.165, 1.54) is 0 Å². The molecule has 0 saturated heterocycles. The molecule has 6 heteroatoms. The van der Waals surface area contributed by atoms with Crippen LogP contribution in [0, 0.1) is 12.3 Å². The number of hydrogen-bond donors (Lipinski definition) is 1. The molecule has 110 valence electrons. The molecule has 0 aliphatic carbocycles. The van der Waals surface area contributed by atoms with Crippen molar-refractivity contribution >= 4 is 11.9 Å². The third-order valence-corrected chi connectivity index (χ3v) is 2.70. The van der Waals surface area contributed by atoms with Gasteiger partial charge in [0.1, 0.15) is 0 Å². The van der Waals surface area contributed by atoms with Crippen LogP contribution >= 0.6 is 0 Å². The van der Waals surface area contributed by atoms with E-state index in [-0.39, 0.29) is 12.1 Å². The molecule has 0 aliphatic rings. The van der Waals surface area contributed by atoms with Crippen molar-refractivity contribution in [3.8, 4) is 18.4 Å². The van der Waals surface area contributed by atoms with Crippen LogP contribution in [0.4, 0.5) is 11.9 Å². The number of ether oxygens (including phenoxy) is 1. The first-order valence-corrected chi connectivity index (χ1v) is 7.02. The summed E-state index contributed by atoms with van der Waals surface area (Å²) >= 11 is 0. The van der Waals surface area contributed by atoms with E-state index in [1.807, 2.05) is 4.90 Å². The third-order valence-electron chi connectivity index (χ3n) is 2.70. The van der Waals surface area contributed by atoms with Crippen molar-refractivity contribution in [2.75, 3.05) is 29.9 Å². The highest BCUT2D eigenvalue weighted by atomic mass is 16.5.